The van der Waals surface area contributed by atoms with Crippen molar-refractivity contribution in [3.63, 3.8) is 0 Å². The van der Waals surface area contributed by atoms with Gasteiger partial charge in [-0.15, -0.1) is 11.3 Å². The molecule has 33 heavy (non-hydrogen) atoms. The van der Waals surface area contributed by atoms with Crippen LogP contribution in [0.4, 0.5) is 5.69 Å². The maximum Gasteiger partial charge on any atom is 0.262 e. The van der Waals surface area contributed by atoms with Gasteiger partial charge in [0.05, 0.1) is 22.7 Å². The highest BCUT2D eigenvalue weighted by Gasteiger charge is 2.48. The number of carbonyl (C=O) groups is 2. The predicted octanol–water partition coefficient (Wildman–Crippen LogP) is 1.76. The number of anilines is 1. The van der Waals surface area contributed by atoms with Crippen molar-refractivity contribution in [1.82, 2.24) is 10.6 Å². The topological polar surface area (TPSA) is 145 Å². The summed E-state index contributed by atoms with van der Waals surface area (Å²) >= 11 is 1.27. The van der Waals surface area contributed by atoms with Crippen LogP contribution in [0.5, 0.6) is 5.75 Å². The zero-order valence-corrected chi connectivity index (χ0v) is 19.1. The number of thiophene rings is 1. The lowest BCUT2D eigenvalue weighted by Gasteiger charge is -2.36. The summed E-state index contributed by atoms with van der Waals surface area (Å²) in [5, 5.41) is 7.09. The van der Waals surface area contributed by atoms with Crippen LogP contribution < -0.4 is 32.6 Å². The molecule has 3 aromatic rings. The summed E-state index contributed by atoms with van der Waals surface area (Å²) in [6.07, 6.45) is 1.90. The van der Waals surface area contributed by atoms with Gasteiger partial charge < -0.3 is 32.6 Å². The van der Waals surface area contributed by atoms with Crippen molar-refractivity contribution in [2.75, 3.05) is 25.9 Å². The third-order valence-electron chi connectivity index (χ3n) is 6.70. The van der Waals surface area contributed by atoms with E-state index >= 15 is 0 Å². The van der Waals surface area contributed by atoms with Crippen molar-refractivity contribution in [2.45, 2.75) is 30.5 Å². The first kappa shape index (κ1) is 21.8. The molecule has 3 unspecified atom stereocenters. The first-order chi connectivity index (χ1) is 15.9. The summed E-state index contributed by atoms with van der Waals surface area (Å²) in [5.41, 5.74) is 20.4. The number of amides is 1. The smallest absolute Gasteiger partial charge is 0.262 e. The van der Waals surface area contributed by atoms with Gasteiger partial charge in [0.1, 0.15) is 11.3 Å². The van der Waals surface area contributed by atoms with Crippen molar-refractivity contribution < 1.29 is 14.3 Å². The van der Waals surface area contributed by atoms with Crippen LogP contribution in [-0.2, 0) is 10.3 Å². The molecule has 2 heterocycles. The fourth-order valence-corrected chi connectivity index (χ4v) is 6.13. The van der Waals surface area contributed by atoms with E-state index in [1.54, 1.807) is 43.5 Å². The standard InChI is InChI=1S/C24H27N5O3S/c1-32-14-6-4-12(5-7-14)24(27)15-8-9-16(25)20-17(15)18(19(26)22(24)30)21(33-20)23(31)29-13-3-2-10-28-11-13/h4-9,13,19,28H,2-3,10-11,25-27H2,1H3,(H,29,31). The molecule has 8 nitrogen and oxygen atoms in total. The van der Waals surface area contributed by atoms with Crippen molar-refractivity contribution >= 4 is 38.8 Å². The number of ether oxygens (including phenoxy) is 1. The SMILES string of the molecule is COc1ccc(C2(N)C(=O)C(N)c3c(C(=O)NC4CCCNC4)sc4c(N)ccc2c34)cc1. The lowest BCUT2D eigenvalue weighted by molar-refractivity contribution is -0.124. The molecule has 1 aliphatic heterocycles. The Morgan fingerprint density at radius 2 is 2.00 bits per heavy atom. The van der Waals surface area contributed by atoms with Crippen LogP contribution in [0.1, 0.15) is 45.2 Å². The van der Waals surface area contributed by atoms with Crippen LogP contribution in [0.2, 0.25) is 0 Å². The molecule has 8 N–H and O–H groups in total. The first-order valence-corrected chi connectivity index (χ1v) is 11.8. The number of nitrogens with one attached hydrogen (secondary N) is 2. The van der Waals surface area contributed by atoms with Crippen LogP contribution >= 0.6 is 11.3 Å². The maximum atomic E-state index is 13.7. The quantitative estimate of drug-likeness (QED) is 0.369. The summed E-state index contributed by atoms with van der Waals surface area (Å²) < 4.78 is 5.97. The molecule has 0 radical (unpaired) electrons. The Bertz CT molecular complexity index is 1250. The maximum absolute atomic E-state index is 13.7. The van der Waals surface area contributed by atoms with Gasteiger partial charge in [-0.1, -0.05) is 18.2 Å². The molecule has 1 fully saturated rings. The first-order valence-electron chi connectivity index (χ1n) is 11.0. The van der Waals surface area contributed by atoms with Crippen LogP contribution in [0.15, 0.2) is 36.4 Å². The number of piperidine rings is 1. The number of nitrogens with two attached hydrogens (primary N) is 3. The van der Waals surface area contributed by atoms with Crippen LogP contribution in [-0.4, -0.2) is 37.9 Å². The van der Waals surface area contributed by atoms with Crippen molar-refractivity contribution in [3.05, 3.63) is 58.0 Å². The van der Waals surface area contributed by atoms with E-state index in [-0.39, 0.29) is 17.7 Å². The second-order valence-electron chi connectivity index (χ2n) is 8.65. The molecule has 1 aliphatic carbocycles. The average molecular weight is 466 g/mol. The van der Waals surface area contributed by atoms with Gasteiger partial charge in [-0.2, -0.15) is 0 Å². The van der Waals surface area contributed by atoms with Gasteiger partial charge in [0.25, 0.3) is 5.91 Å². The number of Topliss-reactive ketones (excluding diaryl/α,β-unsaturated/α-hetero) is 1. The number of rotatable bonds is 4. The van der Waals surface area contributed by atoms with E-state index in [0.29, 0.717) is 44.9 Å². The molecule has 9 heteroatoms. The number of ketones is 1. The third kappa shape index (κ3) is 3.31. The number of carbonyl (C=O) groups excluding carboxylic acids is 2. The molecule has 2 aliphatic rings. The second kappa shape index (κ2) is 8.11. The molecule has 1 aromatic heterocycles. The van der Waals surface area contributed by atoms with Gasteiger partial charge in [0.2, 0.25) is 0 Å². The molecule has 0 bridgehead atoms. The highest BCUT2D eigenvalue weighted by Crippen LogP contribution is 2.49. The van der Waals surface area contributed by atoms with Crippen molar-refractivity contribution in [3.8, 4) is 5.75 Å². The Hall–Kier alpha value is -2.98. The van der Waals surface area contributed by atoms with Crippen LogP contribution in [0.25, 0.3) is 10.1 Å². The Morgan fingerprint density at radius 3 is 2.67 bits per heavy atom. The number of benzene rings is 2. The highest BCUT2D eigenvalue weighted by atomic mass is 32.1. The summed E-state index contributed by atoms with van der Waals surface area (Å²) in [7, 11) is 1.58. The Morgan fingerprint density at radius 1 is 1.24 bits per heavy atom. The van der Waals surface area contributed by atoms with Gasteiger partial charge >= 0.3 is 0 Å². The normalized spacial score (nSPS) is 24.6. The lowest BCUT2D eigenvalue weighted by atomic mass is 9.70. The van der Waals surface area contributed by atoms with Gasteiger partial charge in [0.15, 0.2) is 5.78 Å². The van der Waals surface area contributed by atoms with Crippen molar-refractivity contribution in [2.24, 2.45) is 11.5 Å². The summed E-state index contributed by atoms with van der Waals surface area (Å²) in [5.74, 6) is 0.0604. The second-order valence-corrected chi connectivity index (χ2v) is 9.67. The van der Waals surface area contributed by atoms with Gasteiger partial charge in [0, 0.05) is 29.2 Å². The third-order valence-corrected chi connectivity index (χ3v) is 7.95. The minimum Gasteiger partial charge on any atom is -0.497 e. The molecular weight excluding hydrogens is 438 g/mol. The minimum absolute atomic E-state index is 0.0314. The summed E-state index contributed by atoms with van der Waals surface area (Å²) in [4.78, 5) is 27.4. The molecule has 0 saturated carbocycles. The Balaban J connectivity index is 1.67. The molecule has 1 amide bonds. The molecule has 2 aromatic carbocycles. The lowest BCUT2D eigenvalue weighted by Crippen LogP contribution is -2.52. The fraction of sp³-hybridized carbons (Fsp3) is 0.333. The van der Waals surface area contributed by atoms with Crippen molar-refractivity contribution in [1.29, 1.82) is 0 Å². The molecule has 172 valence electrons. The average Bonchev–Trinajstić information content (AvgIpc) is 3.25. The van der Waals surface area contributed by atoms with E-state index in [1.807, 2.05) is 0 Å². The van der Waals surface area contributed by atoms with E-state index in [9.17, 15) is 9.59 Å². The molecule has 1 saturated heterocycles. The van der Waals surface area contributed by atoms with Gasteiger partial charge in [-0.3, -0.25) is 9.59 Å². The molecule has 3 atom stereocenters. The van der Waals surface area contributed by atoms with E-state index in [0.717, 1.165) is 24.1 Å². The monoisotopic (exact) mass is 465 g/mol. The van der Waals surface area contributed by atoms with Crippen LogP contribution in [0.3, 0.4) is 0 Å². The summed E-state index contributed by atoms with van der Waals surface area (Å²) in [6.45, 7) is 1.66. The number of hydrogen-bond donors (Lipinski definition) is 5. The van der Waals surface area contributed by atoms with E-state index in [2.05, 4.69) is 10.6 Å². The zero-order valence-electron chi connectivity index (χ0n) is 18.3. The Labute approximate surface area is 195 Å². The summed E-state index contributed by atoms with van der Waals surface area (Å²) in [6, 6.07) is 9.55. The van der Waals surface area contributed by atoms with E-state index < -0.39 is 11.6 Å². The number of nitrogen functional groups attached to an aromatic ring is 1. The van der Waals surface area contributed by atoms with Gasteiger partial charge in [-0.25, -0.2) is 0 Å². The van der Waals surface area contributed by atoms with E-state index in [4.69, 9.17) is 21.9 Å². The van der Waals surface area contributed by atoms with E-state index in [1.165, 1.54) is 11.3 Å². The molecular formula is C24H27N5O3S. The van der Waals surface area contributed by atoms with Gasteiger partial charge in [-0.05, 0) is 48.7 Å². The largest absolute Gasteiger partial charge is 0.497 e. The van der Waals surface area contributed by atoms with Crippen LogP contribution in [0, 0.1) is 0 Å². The fourth-order valence-electron chi connectivity index (χ4n) is 4.93. The highest BCUT2D eigenvalue weighted by molar-refractivity contribution is 7.21. The number of hydrogen-bond acceptors (Lipinski definition) is 8. The predicted molar refractivity (Wildman–Crippen MR) is 129 cm³/mol. The zero-order chi connectivity index (χ0) is 23.3. The molecule has 5 rings (SSSR count). The number of methoxy groups -OCH3 is 1. The Kier molecular flexibility index (Phi) is 5.37. The molecule has 0 spiro atoms. The minimum atomic E-state index is -1.47.